The predicted molar refractivity (Wildman–Crippen MR) is 442 cm³/mol. The molecular formula is C80H121N21O21. The maximum Gasteiger partial charge on any atom is 0.317 e. The summed E-state index contributed by atoms with van der Waals surface area (Å²) in [7, 11) is 0. The monoisotopic (exact) mass is 1710 g/mol. The number of nitrogens with zero attached hydrogens (tertiary/aromatic N) is 5. The fourth-order valence-electron chi connectivity index (χ4n) is 13.3. The minimum Gasteiger partial charge on any atom is -0.480 e. The van der Waals surface area contributed by atoms with Crippen molar-refractivity contribution in [1.82, 2.24) is 98.4 Å². The van der Waals surface area contributed by atoms with Crippen molar-refractivity contribution in [3.63, 3.8) is 0 Å². The molecule has 4 aromatic rings. The van der Waals surface area contributed by atoms with E-state index in [9.17, 15) is 102 Å². The second-order valence-corrected chi connectivity index (χ2v) is 31.3. The minimum atomic E-state index is -1.60. The third-order valence-corrected chi connectivity index (χ3v) is 19.7. The standard InChI is InChI=1S/C80H121N21O21/c1-47(2)33-57(62(102)38-67(107)91-58(74(82)116)34-48(3)4)95-79(121)61(37-53-40-83-46-89-53)93-68(108)41-88-80(122)73(49(5)6)97-75(117)50(7)90-77(119)60(36-52-39-87-55-16-12-11-15-54(52)55)96-76(118)56(17-18-63(81)103)94-78(120)59(35-51-13-9-8-10-14-51)92-66(106)21-24-85-64(104)19-22-84-65(105)20-23-86-69(109)42-98-25-27-99(43-70(110)111)29-31-101(45-72(114)115)32-30-100(28-26-98)44-71(112)113/h8-16,39-40,46-50,56-62,73,87,102H,17-38,41-45H2,1-7H3,(H2,81,103)(H2,82,116)(H,83,89)(H,84,105)(H,85,104)(H,86,109)(H,88,122)(H,90,119)(H,91,107)(H,92,106)(H,93,108)(H,94,120)(H,95,121)(H,96,118)(H,97,117)(H,110,111)(H,112,113)(H,114,115)/t50-,56-,57-,58-,59+,60-,61-,62-,73-/m0/s1. The molecule has 2 aromatic heterocycles. The predicted octanol–water partition coefficient (Wildman–Crippen LogP) is -4.82. The number of aliphatic hydroxyl groups excluding tert-OH is 1. The highest BCUT2D eigenvalue weighted by Crippen LogP contribution is 2.21. The summed E-state index contributed by atoms with van der Waals surface area (Å²) in [6, 6.07) is 4.86. The average Bonchev–Trinajstić information content (AvgIpc) is 1.66. The second kappa shape index (κ2) is 52.2. The van der Waals surface area contributed by atoms with Crippen LogP contribution in [0.5, 0.6) is 0 Å². The Morgan fingerprint density at radius 3 is 1.45 bits per heavy atom. The fraction of sp³-hybridized carbons (Fsp3) is 0.575. The molecule has 22 N–H and O–H groups in total. The molecule has 14 amide bonds. The van der Waals surface area contributed by atoms with Crippen LogP contribution in [0, 0.1) is 17.8 Å². The number of amides is 14. The highest BCUT2D eigenvalue weighted by molar-refractivity contribution is 5.98. The normalized spacial score (nSPS) is 15.4. The number of hydrogen-bond acceptors (Lipinski definition) is 23. The van der Waals surface area contributed by atoms with E-state index in [1.54, 1.807) is 94.2 Å². The Kier molecular flexibility index (Phi) is 43.0. The van der Waals surface area contributed by atoms with E-state index in [0.717, 1.165) is 0 Å². The number of primary amides is 2. The van der Waals surface area contributed by atoms with Gasteiger partial charge in [-0.25, -0.2) is 4.98 Å². The van der Waals surface area contributed by atoms with Gasteiger partial charge in [-0.05, 0) is 61.1 Å². The summed E-state index contributed by atoms with van der Waals surface area (Å²) in [4.78, 5) is 241. The van der Waals surface area contributed by atoms with Gasteiger partial charge in [0.05, 0.1) is 63.3 Å². The molecule has 0 spiro atoms. The first-order chi connectivity index (χ1) is 57.8. The number of nitrogens with one attached hydrogen (secondary N) is 14. The summed E-state index contributed by atoms with van der Waals surface area (Å²) in [6.07, 6.45) is 0.785. The number of carbonyl (C=O) groups is 17. The third-order valence-electron chi connectivity index (χ3n) is 19.7. The minimum absolute atomic E-state index is 0.00121. The van der Waals surface area contributed by atoms with E-state index < -0.39 is 187 Å². The number of imidazole rings is 1. The molecule has 42 nitrogen and oxygen atoms in total. The van der Waals surface area contributed by atoms with Crippen LogP contribution in [0.3, 0.4) is 0 Å². The number of rotatable bonds is 51. The maximum atomic E-state index is 14.7. The van der Waals surface area contributed by atoms with Crippen LogP contribution in [0.1, 0.15) is 117 Å². The van der Waals surface area contributed by atoms with Crippen molar-refractivity contribution in [2.75, 3.05) is 105 Å². The zero-order valence-corrected chi connectivity index (χ0v) is 70.1. The number of hydrogen-bond donors (Lipinski definition) is 20. The first-order valence-corrected chi connectivity index (χ1v) is 40.7. The highest BCUT2D eigenvalue weighted by atomic mass is 16.4. The van der Waals surface area contributed by atoms with Crippen LogP contribution in [0.4, 0.5) is 0 Å². The molecule has 2 aromatic carbocycles. The maximum absolute atomic E-state index is 14.7. The molecule has 1 aliphatic rings. The first kappa shape index (κ1) is 101. The first-order valence-electron chi connectivity index (χ1n) is 40.7. The fourth-order valence-corrected chi connectivity index (χ4v) is 13.3. The number of aromatic amines is 2. The topological polar surface area (TPSA) is 625 Å². The van der Waals surface area contributed by atoms with Gasteiger partial charge in [-0.1, -0.05) is 90.1 Å². The lowest BCUT2D eigenvalue weighted by Crippen LogP contribution is -2.60. The molecule has 1 aliphatic heterocycles. The molecular weight excluding hydrogens is 1590 g/mol. The second-order valence-electron chi connectivity index (χ2n) is 31.3. The number of fused-ring (bicyclic) bond motifs is 1. The van der Waals surface area contributed by atoms with Crippen LogP contribution in [-0.4, -0.2) is 315 Å². The quantitative estimate of drug-likeness (QED) is 0.0197. The SMILES string of the molecule is CC(C)C[C@H](NC(=O)C[C@H](O)[C@H](CC(C)C)NC(=O)[C@H](Cc1c[nH]cn1)NC(=O)CNC(=O)[C@@H](NC(=O)[C@H](C)NC(=O)[C@H](Cc1c[nH]c2ccccc12)NC(=O)[C@H](CCC(N)=O)NC(=O)[C@@H](Cc1ccccc1)NC(=O)CCNC(=O)CCNC(=O)CCNC(=O)CN1CCN(CC(=O)O)CCN(CC(=O)O)CCN(CC(=O)O)CC1)C(C)C)C(N)=O. The molecule has 5 rings (SSSR count). The molecule has 0 aliphatic carbocycles. The molecule has 42 heteroatoms. The number of aliphatic hydroxyl groups is 1. The Morgan fingerprint density at radius 2 is 0.926 bits per heavy atom. The van der Waals surface area contributed by atoms with E-state index in [-0.39, 0.29) is 161 Å². The van der Waals surface area contributed by atoms with Crippen LogP contribution in [-0.2, 0) is 101 Å². The van der Waals surface area contributed by atoms with Gasteiger partial charge in [-0.3, -0.25) is 101 Å². The molecule has 9 atom stereocenters. The van der Waals surface area contributed by atoms with Gasteiger partial charge in [-0.15, -0.1) is 0 Å². The third kappa shape index (κ3) is 38.6. The lowest BCUT2D eigenvalue weighted by molar-refractivity contribution is -0.140. The largest absolute Gasteiger partial charge is 0.480 e. The Balaban J connectivity index is 1.18. The van der Waals surface area contributed by atoms with E-state index >= 15 is 0 Å². The number of benzene rings is 2. The zero-order valence-electron chi connectivity index (χ0n) is 70.1. The van der Waals surface area contributed by atoms with Gasteiger partial charge in [0.25, 0.3) is 0 Å². The number of aliphatic carboxylic acids is 3. The molecule has 0 radical (unpaired) electrons. The van der Waals surface area contributed by atoms with Crippen molar-refractivity contribution < 1.29 is 102 Å². The van der Waals surface area contributed by atoms with Crippen LogP contribution < -0.4 is 75.3 Å². The van der Waals surface area contributed by atoms with Crippen molar-refractivity contribution >= 4 is 112 Å². The van der Waals surface area contributed by atoms with Crippen molar-refractivity contribution in [3.05, 3.63) is 90.1 Å². The summed E-state index contributed by atoms with van der Waals surface area (Å²) in [6.45, 7) is 11.0. The smallest absolute Gasteiger partial charge is 0.317 e. The highest BCUT2D eigenvalue weighted by Gasteiger charge is 2.36. The van der Waals surface area contributed by atoms with Gasteiger partial charge in [0, 0.05) is 140 Å². The molecule has 0 bridgehead atoms. The number of para-hydroxylation sites is 1. The zero-order chi connectivity index (χ0) is 90.1. The van der Waals surface area contributed by atoms with E-state index in [2.05, 4.69) is 78.8 Å². The van der Waals surface area contributed by atoms with Crippen LogP contribution in [0.2, 0.25) is 0 Å². The molecule has 0 unspecified atom stereocenters. The Labute approximate surface area is 706 Å². The van der Waals surface area contributed by atoms with E-state index in [0.29, 0.717) is 27.7 Å². The van der Waals surface area contributed by atoms with E-state index in [1.807, 2.05) is 27.7 Å². The van der Waals surface area contributed by atoms with Crippen LogP contribution in [0.25, 0.3) is 10.9 Å². The van der Waals surface area contributed by atoms with Crippen molar-refractivity contribution in [2.45, 2.75) is 174 Å². The molecule has 0 saturated carbocycles. The molecule has 1 fully saturated rings. The average molecular weight is 1710 g/mol. The summed E-state index contributed by atoms with van der Waals surface area (Å²) >= 11 is 0. The number of H-pyrrole nitrogens is 2. The summed E-state index contributed by atoms with van der Waals surface area (Å²) in [5.74, 6) is -14.8. The number of carbonyl (C=O) groups excluding carboxylic acids is 14. The molecule has 1 saturated heterocycles. The molecule has 672 valence electrons. The summed E-state index contributed by atoms with van der Waals surface area (Å²) < 4.78 is 0. The van der Waals surface area contributed by atoms with Crippen LogP contribution >= 0.6 is 0 Å². The Bertz CT molecular complexity index is 4130. The summed E-state index contributed by atoms with van der Waals surface area (Å²) in [5.41, 5.74) is 13.2. The van der Waals surface area contributed by atoms with Gasteiger partial charge >= 0.3 is 17.9 Å². The summed E-state index contributed by atoms with van der Waals surface area (Å²) in [5, 5.41) is 71.8. The molecule has 122 heavy (non-hydrogen) atoms. The lowest BCUT2D eigenvalue weighted by atomic mass is 9.96. The number of carboxylic acid groups (broad SMARTS) is 3. The van der Waals surface area contributed by atoms with Crippen molar-refractivity contribution in [3.8, 4) is 0 Å². The van der Waals surface area contributed by atoms with Crippen molar-refractivity contribution in [1.29, 1.82) is 0 Å². The lowest BCUT2D eigenvalue weighted by Gasteiger charge is -2.32. The Morgan fingerprint density at radius 1 is 0.451 bits per heavy atom. The van der Waals surface area contributed by atoms with Crippen molar-refractivity contribution in [2.24, 2.45) is 29.2 Å². The van der Waals surface area contributed by atoms with E-state index in [1.165, 1.54) is 19.4 Å². The van der Waals surface area contributed by atoms with Gasteiger partial charge in [0.1, 0.15) is 42.3 Å². The van der Waals surface area contributed by atoms with Gasteiger partial charge in [-0.2, -0.15) is 0 Å². The Hall–Kier alpha value is -12.0. The van der Waals surface area contributed by atoms with Gasteiger partial charge in [0.2, 0.25) is 82.7 Å². The van der Waals surface area contributed by atoms with Gasteiger partial charge in [0.15, 0.2) is 0 Å². The number of aromatic nitrogens is 3. The number of nitrogens with two attached hydrogens (primary N) is 2. The van der Waals surface area contributed by atoms with Gasteiger partial charge < -0.3 is 106 Å². The number of carboxylic acids is 3. The molecule has 3 heterocycles. The van der Waals surface area contributed by atoms with Crippen LogP contribution in [0.15, 0.2) is 73.3 Å². The van der Waals surface area contributed by atoms with E-state index in [4.69, 9.17) is 11.5 Å².